The number of nitrogens with zero attached hydrogens (tertiary/aromatic N) is 1. The van der Waals surface area contributed by atoms with Gasteiger partial charge in [0.15, 0.2) is 0 Å². The van der Waals surface area contributed by atoms with Crippen LogP contribution < -0.4 is 5.32 Å². The van der Waals surface area contributed by atoms with E-state index >= 15 is 0 Å². The summed E-state index contributed by atoms with van der Waals surface area (Å²) in [6.45, 7) is 6.98. The third-order valence-corrected chi connectivity index (χ3v) is 4.09. The topological polar surface area (TPSA) is 28.7 Å². The molecule has 0 spiro atoms. The summed E-state index contributed by atoms with van der Waals surface area (Å²) in [5.74, 6) is 0. The summed E-state index contributed by atoms with van der Waals surface area (Å²) >= 11 is 0. The lowest BCUT2D eigenvalue weighted by atomic mass is 10.3. The van der Waals surface area contributed by atoms with Crippen LogP contribution in [0.15, 0.2) is 24.3 Å². The summed E-state index contributed by atoms with van der Waals surface area (Å²) in [6, 6.07) is 8.29. The summed E-state index contributed by atoms with van der Waals surface area (Å²) in [5, 5.41) is 10.1. The number of aromatic amines is 1. The maximum absolute atomic E-state index is 4.29. The molecule has 0 aliphatic heterocycles. The molecular weight excluding hydrogens is 176 g/mol. The first kappa shape index (κ1) is 8.50. The molecule has 2 rings (SSSR count). The van der Waals surface area contributed by atoms with Crippen molar-refractivity contribution in [1.82, 2.24) is 10.2 Å². The molecule has 0 saturated heterocycles. The van der Waals surface area contributed by atoms with Crippen LogP contribution in [0.3, 0.4) is 0 Å². The van der Waals surface area contributed by atoms with E-state index < -0.39 is 8.07 Å². The molecular formula is C10H14N2Si. The first-order chi connectivity index (χ1) is 6.09. The average Bonchev–Trinajstić information content (AvgIpc) is 2.45. The smallest absolute Gasteiger partial charge is 0.101 e. The maximum atomic E-state index is 4.29. The fourth-order valence-corrected chi connectivity index (χ4v) is 2.94. The van der Waals surface area contributed by atoms with Crippen LogP contribution in [-0.2, 0) is 0 Å². The van der Waals surface area contributed by atoms with E-state index in [0.717, 1.165) is 5.52 Å². The zero-order chi connectivity index (χ0) is 9.47. The van der Waals surface area contributed by atoms with Crippen molar-refractivity contribution in [3.63, 3.8) is 0 Å². The van der Waals surface area contributed by atoms with Gasteiger partial charge in [0.1, 0.15) is 8.07 Å². The average molecular weight is 190 g/mol. The van der Waals surface area contributed by atoms with Crippen LogP contribution >= 0.6 is 0 Å². The van der Waals surface area contributed by atoms with Gasteiger partial charge >= 0.3 is 0 Å². The van der Waals surface area contributed by atoms with Crippen molar-refractivity contribution in [2.24, 2.45) is 0 Å². The molecule has 2 aromatic rings. The van der Waals surface area contributed by atoms with Crippen LogP contribution in [0, 0.1) is 0 Å². The number of nitrogens with one attached hydrogen (secondary N) is 1. The predicted molar refractivity (Wildman–Crippen MR) is 59.1 cm³/mol. The Hall–Kier alpha value is -1.09. The molecule has 0 atom stereocenters. The van der Waals surface area contributed by atoms with E-state index in [1.807, 2.05) is 6.07 Å². The highest BCUT2D eigenvalue weighted by Gasteiger charge is 2.21. The Balaban J connectivity index is 2.72. The number of rotatable bonds is 1. The minimum Gasteiger partial charge on any atom is -0.286 e. The Morgan fingerprint density at radius 2 is 1.85 bits per heavy atom. The second kappa shape index (κ2) is 2.70. The summed E-state index contributed by atoms with van der Waals surface area (Å²) in [5.41, 5.74) is 1.08. The molecule has 3 heteroatoms. The standard InChI is InChI=1S/C10H14N2Si/c1-13(2,3)10-8-6-4-5-7-9(8)11-12-10/h4-7H,1-3H3,(H,11,12). The van der Waals surface area contributed by atoms with Gasteiger partial charge in [0, 0.05) is 10.7 Å². The van der Waals surface area contributed by atoms with Crippen molar-refractivity contribution in [2.75, 3.05) is 0 Å². The Morgan fingerprint density at radius 1 is 1.15 bits per heavy atom. The number of aromatic nitrogens is 2. The van der Waals surface area contributed by atoms with Gasteiger partial charge in [-0.25, -0.2) is 0 Å². The normalized spacial score (nSPS) is 12.2. The molecule has 1 aromatic carbocycles. The number of H-pyrrole nitrogens is 1. The van der Waals surface area contributed by atoms with Crippen LogP contribution in [-0.4, -0.2) is 18.3 Å². The summed E-state index contributed by atoms with van der Waals surface area (Å²) < 4.78 is 0. The first-order valence-corrected chi connectivity index (χ1v) is 8.02. The fourth-order valence-electron chi connectivity index (χ4n) is 1.53. The van der Waals surface area contributed by atoms with Crippen molar-refractivity contribution in [1.29, 1.82) is 0 Å². The zero-order valence-corrected chi connectivity index (χ0v) is 9.26. The molecule has 68 valence electrons. The first-order valence-electron chi connectivity index (χ1n) is 4.52. The molecule has 0 fully saturated rings. The number of para-hydroxylation sites is 1. The molecule has 1 heterocycles. The molecule has 2 nitrogen and oxygen atoms in total. The highest BCUT2D eigenvalue weighted by atomic mass is 28.3. The van der Waals surface area contributed by atoms with Crippen molar-refractivity contribution < 1.29 is 0 Å². The largest absolute Gasteiger partial charge is 0.286 e. The van der Waals surface area contributed by atoms with Crippen LogP contribution in [0.4, 0.5) is 0 Å². The lowest BCUT2D eigenvalue weighted by Gasteiger charge is -2.13. The molecule has 1 aromatic heterocycles. The molecule has 0 radical (unpaired) electrons. The van der Waals surface area contributed by atoms with Gasteiger partial charge in [-0.1, -0.05) is 37.8 Å². The SMILES string of the molecule is C[Si](C)(C)c1[nH]nc2ccccc12. The van der Waals surface area contributed by atoms with E-state index in [2.05, 4.69) is 48.0 Å². The minimum absolute atomic E-state index is 1.08. The highest BCUT2D eigenvalue weighted by Crippen LogP contribution is 2.12. The summed E-state index contributed by atoms with van der Waals surface area (Å²) in [6.07, 6.45) is 0. The van der Waals surface area contributed by atoms with Gasteiger partial charge in [-0.3, -0.25) is 5.10 Å². The van der Waals surface area contributed by atoms with E-state index in [9.17, 15) is 0 Å². The third-order valence-electron chi connectivity index (χ3n) is 2.21. The zero-order valence-electron chi connectivity index (χ0n) is 8.26. The Labute approximate surface area is 79.0 Å². The fraction of sp³-hybridized carbons (Fsp3) is 0.300. The lowest BCUT2D eigenvalue weighted by Crippen LogP contribution is -2.39. The molecule has 0 unspecified atom stereocenters. The van der Waals surface area contributed by atoms with E-state index in [1.165, 1.54) is 10.7 Å². The van der Waals surface area contributed by atoms with Gasteiger partial charge in [-0.15, -0.1) is 0 Å². The number of hydrogen-bond donors (Lipinski definition) is 1. The van der Waals surface area contributed by atoms with Crippen molar-refractivity contribution >= 4 is 24.3 Å². The Morgan fingerprint density at radius 3 is 2.54 bits per heavy atom. The van der Waals surface area contributed by atoms with Gasteiger partial charge in [-0.05, 0) is 6.07 Å². The molecule has 0 amide bonds. The minimum atomic E-state index is -1.26. The Kier molecular flexibility index (Phi) is 1.77. The molecule has 1 N–H and O–H groups in total. The number of fused-ring (bicyclic) bond motifs is 1. The van der Waals surface area contributed by atoms with Crippen LogP contribution in [0.2, 0.25) is 19.6 Å². The predicted octanol–water partition coefficient (Wildman–Crippen LogP) is 2.11. The Bertz CT molecular complexity index is 426. The van der Waals surface area contributed by atoms with E-state index in [-0.39, 0.29) is 0 Å². The van der Waals surface area contributed by atoms with E-state index in [4.69, 9.17) is 0 Å². The summed E-state index contributed by atoms with van der Waals surface area (Å²) in [7, 11) is -1.26. The molecule has 0 aliphatic rings. The van der Waals surface area contributed by atoms with Crippen molar-refractivity contribution in [3.05, 3.63) is 24.3 Å². The quantitative estimate of drug-likeness (QED) is 0.685. The van der Waals surface area contributed by atoms with E-state index in [1.54, 1.807) is 0 Å². The van der Waals surface area contributed by atoms with Crippen LogP contribution in [0.1, 0.15) is 0 Å². The molecule has 0 aliphatic carbocycles. The van der Waals surface area contributed by atoms with Crippen molar-refractivity contribution in [3.8, 4) is 0 Å². The molecule has 0 bridgehead atoms. The van der Waals surface area contributed by atoms with Gasteiger partial charge in [-0.2, -0.15) is 5.10 Å². The third kappa shape index (κ3) is 1.39. The van der Waals surface area contributed by atoms with Crippen molar-refractivity contribution in [2.45, 2.75) is 19.6 Å². The van der Waals surface area contributed by atoms with E-state index in [0.29, 0.717) is 0 Å². The van der Waals surface area contributed by atoms with Gasteiger partial charge in [0.05, 0.1) is 5.52 Å². The van der Waals surface area contributed by atoms with Gasteiger partial charge < -0.3 is 0 Å². The highest BCUT2D eigenvalue weighted by molar-refractivity contribution is 6.89. The lowest BCUT2D eigenvalue weighted by molar-refractivity contribution is 1.14. The summed E-state index contributed by atoms with van der Waals surface area (Å²) in [4.78, 5) is 0. The second-order valence-corrected chi connectivity index (χ2v) is 9.37. The second-order valence-electron chi connectivity index (χ2n) is 4.37. The van der Waals surface area contributed by atoms with Gasteiger partial charge in [0.2, 0.25) is 0 Å². The molecule has 0 saturated carbocycles. The maximum Gasteiger partial charge on any atom is 0.101 e. The van der Waals surface area contributed by atoms with Crippen LogP contribution in [0.25, 0.3) is 10.9 Å². The van der Waals surface area contributed by atoms with Crippen LogP contribution in [0.5, 0.6) is 0 Å². The monoisotopic (exact) mass is 190 g/mol. The number of benzene rings is 1. The number of hydrogen-bond acceptors (Lipinski definition) is 1. The van der Waals surface area contributed by atoms with Gasteiger partial charge in [0.25, 0.3) is 0 Å². The molecule has 13 heavy (non-hydrogen) atoms.